The van der Waals surface area contributed by atoms with E-state index >= 15 is 0 Å². The van der Waals surface area contributed by atoms with Gasteiger partial charge < -0.3 is 5.32 Å². The number of hydrogen-bond acceptors (Lipinski definition) is 3. The van der Waals surface area contributed by atoms with Crippen LogP contribution in [0.15, 0.2) is 18.2 Å². The van der Waals surface area contributed by atoms with Gasteiger partial charge in [-0.15, -0.1) is 0 Å². The predicted molar refractivity (Wildman–Crippen MR) is 71.2 cm³/mol. The molecule has 0 aliphatic heterocycles. The van der Waals surface area contributed by atoms with E-state index < -0.39 is 21.4 Å². The van der Waals surface area contributed by atoms with Crippen LogP contribution in [0.2, 0.25) is 0 Å². The second kappa shape index (κ2) is 6.79. The molecule has 0 aliphatic rings. The summed E-state index contributed by atoms with van der Waals surface area (Å²) >= 11 is 0. The van der Waals surface area contributed by atoms with Crippen molar-refractivity contribution in [1.82, 2.24) is 0 Å². The summed E-state index contributed by atoms with van der Waals surface area (Å²) in [6.45, 7) is 2.66. The molecule has 0 spiro atoms. The summed E-state index contributed by atoms with van der Waals surface area (Å²) in [5, 5.41) is 2.34. The molecule has 10 heteroatoms. The van der Waals surface area contributed by atoms with Crippen molar-refractivity contribution in [3.63, 3.8) is 0 Å². The van der Waals surface area contributed by atoms with Crippen LogP contribution in [0.25, 0.3) is 0 Å². The van der Waals surface area contributed by atoms with Crippen LogP contribution in [0.5, 0.6) is 0 Å². The van der Waals surface area contributed by atoms with Crippen LogP contribution in [0.1, 0.15) is 12.5 Å². The number of carbonyl (C=O) groups is 1. The van der Waals surface area contributed by atoms with E-state index in [1.807, 2.05) is 0 Å². The van der Waals surface area contributed by atoms with Gasteiger partial charge in [-0.25, -0.2) is 0 Å². The van der Waals surface area contributed by atoms with Gasteiger partial charge in [-0.2, -0.15) is 21.6 Å². The molecule has 0 saturated carbocycles. The number of aryl methyl sites for hydroxylation is 1. The van der Waals surface area contributed by atoms with Crippen molar-refractivity contribution in [2.45, 2.75) is 19.4 Å². The molecular weight excluding hydrogens is 308 g/mol. The van der Waals surface area contributed by atoms with E-state index in [4.69, 9.17) is 0 Å². The summed E-state index contributed by atoms with van der Waals surface area (Å²) in [6, 6.07) is 3.95. The Morgan fingerprint density at radius 1 is 1.25 bits per heavy atom. The first-order valence-electron chi connectivity index (χ1n) is 5.00. The van der Waals surface area contributed by atoms with Crippen molar-refractivity contribution in [2.75, 3.05) is 10.0 Å². The Balaban J connectivity index is 0.00000361. The maximum absolute atomic E-state index is 12.2. The van der Waals surface area contributed by atoms with E-state index in [1.165, 1.54) is 30.7 Å². The van der Waals surface area contributed by atoms with Crippen molar-refractivity contribution >= 4 is 56.9 Å². The summed E-state index contributed by atoms with van der Waals surface area (Å²) < 4.78 is 60.1. The molecule has 0 unspecified atom stereocenters. The predicted octanol–water partition coefficient (Wildman–Crippen LogP) is 1.57. The fraction of sp³-hybridized carbons (Fsp3) is 0.300. The Morgan fingerprint density at radius 3 is 2.25 bits per heavy atom. The van der Waals surface area contributed by atoms with Crippen LogP contribution in [0.4, 0.5) is 24.5 Å². The molecule has 1 amide bonds. The van der Waals surface area contributed by atoms with Gasteiger partial charge in [0.2, 0.25) is 5.91 Å². The number of halogens is 3. The zero-order chi connectivity index (χ0) is 14.8. The average Bonchev–Trinajstić information content (AvgIpc) is 2.20. The molecular formula is C10H12F3N2NaO3S. The SMILES string of the molecule is CC(=O)Nc1ccc(C)c(NS(=O)(=O)C(F)(F)F)c1.[NaH]. The van der Waals surface area contributed by atoms with E-state index in [0.29, 0.717) is 5.56 Å². The summed E-state index contributed by atoms with van der Waals surface area (Å²) in [4.78, 5) is 10.8. The van der Waals surface area contributed by atoms with E-state index in [2.05, 4.69) is 5.32 Å². The van der Waals surface area contributed by atoms with Crippen LogP contribution in [-0.4, -0.2) is 49.4 Å². The minimum atomic E-state index is -5.48. The van der Waals surface area contributed by atoms with E-state index in [0.717, 1.165) is 6.07 Å². The average molecular weight is 320 g/mol. The van der Waals surface area contributed by atoms with Crippen molar-refractivity contribution in [1.29, 1.82) is 0 Å². The zero-order valence-electron chi connectivity index (χ0n) is 10.00. The molecule has 5 nitrogen and oxygen atoms in total. The number of carbonyl (C=O) groups excluding carboxylic acids is 1. The summed E-state index contributed by atoms with van der Waals surface area (Å²) in [5.41, 5.74) is -5.16. The molecule has 2 N–H and O–H groups in total. The second-order valence-corrected chi connectivity index (χ2v) is 5.44. The Bertz CT molecular complexity index is 602. The number of sulfonamides is 1. The topological polar surface area (TPSA) is 75.3 Å². The molecule has 20 heavy (non-hydrogen) atoms. The fourth-order valence-corrected chi connectivity index (χ4v) is 1.84. The van der Waals surface area contributed by atoms with Gasteiger partial charge in [0.15, 0.2) is 0 Å². The standard InChI is InChI=1S/C10H11F3N2O3S.Na.H/c1-6-3-4-8(14-7(2)16)5-9(6)15-19(17,18)10(11,12)13;;/h3-5,15H,1-2H3,(H,14,16);;. The molecule has 0 radical (unpaired) electrons. The molecule has 1 rings (SSSR count). The zero-order valence-corrected chi connectivity index (χ0v) is 10.8. The maximum atomic E-state index is 12.2. The van der Waals surface area contributed by atoms with E-state index in [9.17, 15) is 26.4 Å². The van der Waals surface area contributed by atoms with E-state index in [-0.39, 0.29) is 40.9 Å². The third-order valence-electron chi connectivity index (χ3n) is 2.11. The quantitative estimate of drug-likeness (QED) is 0.830. The Morgan fingerprint density at radius 2 is 1.80 bits per heavy atom. The Kier molecular flexibility index (Phi) is 6.53. The monoisotopic (exact) mass is 320 g/mol. The number of amides is 1. The van der Waals surface area contributed by atoms with Gasteiger partial charge in [-0.1, -0.05) is 6.07 Å². The Hall–Kier alpha value is -0.770. The number of benzene rings is 1. The van der Waals surface area contributed by atoms with Crippen LogP contribution in [-0.2, 0) is 14.8 Å². The normalized spacial score (nSPS) is 11.4. The number of rotatable bonds is 3. The van der Waals surface area contributed by atoms with Gasteiger partial charge in [-0.05, 0) is 24.6 Å². The van der Waals surface area contributed by atoms with Crippen LogP contribution >= 0.6 is 0 Å². The summed E-state index contributed by atoms with van der Waals surface area (Å²) in [6.07, 6.45) is 0. The fourth-order valence-electron chi connectivity index (χ4n) is 1.22. The second-order valence-electron chi connectivity index (χ2n) is 3.76. The number of anilines is 2. The first-order chi connectivity index (χ1) is 8.53. The van der Waals surface area contributed by atoms with Crippen molar-refractivity contribution in [3.8, 4) is 0 Å². The van der Waals surface area contributed by atoms with Gasteiger partial charge in [-0.3, -0.25) is 9.52 Å². The molecule has 0 bridgehead atoms. The van der Waals surface area contributed by atoms with Crippen LogP contribution in [0.3, 0.4) is 0 Å². The number of nitrogens with one attached hydrogen (secondary N) is 2. The van der Waals surface area contributed by atoms with Crippen molar-refractivity contribution in [3.05, 3.63) is 23.8 Å². The molecule has 0 fully saturated rings. The molecule has 0 aromatic heterocycles. The molecule has 1 aromatic carbocycles. The van der Waals surface area contributed by atoms with Crippen molar-refractivity contribution < 1.29 is 26.4 Å². The summed E-state index contributed by atoms with van der Waals surface area (Å²) in [5.74, 6) is -0.423. The van der Waals surface area contributed by atoms with Crippen LogP contribution < -0.4 is 10.0 Å². The van der Waals surface area contributed by atoms with E-state index in [1.54, 1.807) is 0 Å². The van der Waals surface area contributed by atoms with Crippen molar-refractivity contribution in [2.24, 2.45) is 0 Å². The third kappa shape index (κ3) is 4.97. The first-order valence-corrected chi connectivity index (χ1v) is 6.48. The van der Waals surface area contributed by atoms with Gasteiger partial charge in [0.05, 0.1) is 5.69 Å². The summed E-state index contributed by atoms with van der Waals surface area (Å²) in [7, 11) is -5.48. The third-order valence-corrected chi connectivity index (χ3v) is 3.21. The molecule has 0 saturated heterocycles. The Labute approximate surface area is 136 Å². The van der Waals surface area contributed by atoms with Gasteiger partial charge in [0.1, 0.15) is 0 Å². The number of hydrogen-bond donors (Lipinski definition) is 2. The first kappa shape index (κ1) is 19.2. The van der Waals surface area contributed by atoms with Gasteiger partial charge in [0.25, 0.3) is 0 Å². The van der Waals surface area contributed by atoms with Gasteiger partial charge >= 0.3 is 45.1 Å². The van der Waals surface area contributed by atoms with Crippen LogP contribution in [0, 0.1) is 6.92 Å². The van der Waals surface area contributed by atoms with Gasteiger partial charge in [0, 0.05) is 12.6 Å². The molecule has 0 aliphatic carbocycles. The molecule has 1 aromatic rings. The minimum absolute atomic E-state index is 0. The molecule has 0 atom stereocenters. The molecule has 0 heterocycles. The molecule has 108 valence electrons. The number of alkyl halides is 3.